The van der Waals surface area contributed by atoms with Crippen LogP contribution in [-0.4, -0.2) is 43.8 Å². The van der Waals surface area contributed by atoms with E-state index in [1.807, 2.05) is 19.9 Å². The molecule has 4 rings (SSSR count). The summed E-state index contributed by atoms with van der Waals surface area (Å²) >= 11 is 0. The molecule has 0 fully saturated rings. The van der Waals surface area contributed by atoms with Crippen molar-refractivity contribution in [3.8, 4) is 11.5 Å². The topological polar surface area (TPSA) is 78.2 Å². The molecule has 1 atom stereocenters. The van der Waals surface area contributed by atoms with Crippen molar-refractivity contribution < 1.29 is 23.4 Å². The van der Waals surface area contributed by atoms with Gasteiger partial charge in [-0.25, -0.2) is 0 Å². The molecule has 3 aromatic rings. The van der Waals surface area contributed by atoms with Crippen molar-refractivity contribution in [2.75, 3.05) is 26.9 Å². The summed E-state index contributed by atoms with van der Waals surface area (Å²) in [5.74, 6) is 0.842. The average Bonchev–Trinajstić information content (AvgIpc) is 3.12. The number of carbonyl (C=O) groups is 1. The SMILES string of the molecule is C=CCOc1ccc(C2c3c(oc4ccccc4c3=O)C(=O)N2CCCOC(C)C)cc1OC. The highest BCUT2D eigenvalue weighted by atomic mass is 16.5. The highest BCUT2D eigenvalue weighted by Crippen LogP contribution is 2.41. The number of methoxy groups -OCH3 is 1. The van der Waals surface area contributed by atoms with Crippen LogP contribution in [0.3, 0.4) is 0 Å². The van der Waals surface area contributed by atoms with Crippen molar-refractivity contribution in [1.29, 1.82) is 0 Å². The Balaban J connectivity index is 1.80. The van der Waals surface area contributed by atoms with Crippen molar-refractivity contribution in [3.63, 3.8) is 0 Å². The highest BCUT2D eigenvalue weighted by molar-refractivity contribution is 5.99. The van der Waals surface area contributed by atoms with Crippen LogP contribution in [0.4, 0.5) is 0 Å². The Morgan fingerprint density at radius 1 is 1.15 bits per heavy atom. The fourth-order valence-corrected chi connectivity index (χ4v) is 4.22. The van der Waals surface area contributed by atoms with Crippen molar-refractivity contribution in [2.45, 2.75) is 32.4 Å². The fourth-order valence-electron chi connectivity index (χ4n) is 4.22. The van der Waals surface area contributed by atoms with Crippen LogP contribution in [0.15, 0.2) is 64.3 Å². The molecule has 0 spiro atoms. The number of ether oxygens (including phenoxy) is 3. The Morgan fingerprint density at radius 3 is 2.68 bits per heavy atom. The van der Waals surface area contributed by atoms with Gasteiger partial charge >= 0.3 is 0 Å². The molecule has 7 heteroatoms. The van der Waals surface area contributed by atoms with Crippen molar-refractivity contribution in [2.24, 2.45) is 0 Å². The number of nitrogens with zero attached hydrogens (tertiary/aromatic N) is 1. The summed E-state index contributed by atoms with van der Waals surface area (Å²) in [5.41, 5.74) is 1.27. The molecular formula is C27H29NO6. The van der Waals surface area contributed by atoms with Crippen molar-refractivity contribution in [1.82, 2.24) is 4.90 Å². The van der Waals surface area contributed by atoms with Gasteiger partial charge in [-0.05, 0) is 50.1 Å². The number of hydrogen-bond acceptors (Lipinski definition) is 6. The summed E-state index contributed by atoms with van der Waals surface area (Å²) in [4.78, 5) is 28.7. The van der Waals surface area contributed by atoms with Crippen LogP contribution in [0.25, 0.3) is 11.0 Å². The molecule has 0 bridgehead atoms. The first-order valence-corrected chi connectivity index (χ1v) is 11.4. The molecule has 1 amide bonds. The molecule has 34 heavy (non-hydrogen) atoms. The van der Waals surface area contributed by atoms with Gasteiger partial charge in [0.15, 0.2) is 16.9 Å². The van der Waals surface area contributed by atoms with E-state index in [-0.39, 0.29) is 23.2 Å². The van der Waals surface area contributed by atoms with E-state index < -0.39 is 6.04 Å². The number of para-hydroxylation sites is 1. The van der Waals surface area contributed by atoms with Gasteiger partial charge in [-0.2, -0.15) is 0 Å². The number of benzene rings is 2. The van der Waals surface area contributed by atoms with Crippen LogP contribution < -0.4 is 14.9 Å². The zero-order valence-corrected chi connectivity index (χ0v) is 19.7. The number of fused-ring (bicyclic) bond motifs is 2. The van der Waals surface area contributed by atoms with Crippen molar-refractivity contribution >= 4 is 16.9 Å². The maximum absolute atomic E-state index is 13.5. The minimum Gasteiger partial charge on any atom is -0.493 e. The Hall–Kier alpha value is -3.58. The maximum Gasteiger partial charge on any atom is 0.290 e. The molecule has 0 N–H and O–H groups in total. The van der Waals surface area contributed by atoms with Gasteiger partial charge in [0.2, 0.25) is 5.76 Å². The van der Waals surface area contributed by atoms with E-state index in [0.717, 1.165) is 5.56 Å². The lowest BCUT2D eigenvalue weighted by Gasteiger charge is -2.26. The summed E-state index contributed by atoms with van der Waals surface area (Å²) < 4.78 is 22.8. The molecule has 7 nitrogen and oxygen atoms in total. The van der Waals surface area contributed by atoms with E-state index in [4.69, 9.17) is 18.6 Å². The monoisotopic (exact) mass is 463 g/mol. The molecule has 1 unspecified atom stereocenters. The highest BCUT2D eigenvalue weighted by Gasteiger charge is 2.42. The molecule has 0 saturated carbocycles. The summed E-state index contributed by atoms with van der Waals surface area (Å²) in [6, 6.07) is 11.8. The van der Waals surface area contributed by atoms with E-state index in [2.05, 4.69) is 6.58 Å². The quantitative estimate of drug-likeness (QED) is 0.320. The van der Waals surface area contributed by atoms with Gasteiger partial charge in [-0.3, -0.25) is 9.59 Å². The normalized spacial score (nSPS) is 15.1. The van der Waals surface area contributed by atoms with Crippen LogP contribution in [0.5, 0.6) is 11.5 Å². The molecule has 2 heterocycles. The summed E-state index contributed by atoms with van der Waals surface area (Å²) in [7, 11) is 1.55. The second kappa shape index (κ2) is 10.1. The van der Waals surface area contributed by atoms with Crippen LogP contribution in [0.1, 0.15) is 48.0 Å². The van der Waals surface area contributed by atoms with Gasteiger partial charge in [-0.15, -0.1) is 0 Å². The molecular weight excluding hydrogens is 434 g/mol. The Bertz CT molecular complexity index is 1260. The molecule has 2 aromatic carbocycles. The largest absolute Gasteiger partial charge is 0.493 e. The minimum atomic E-state index is -0.607. The number of carbonyl (C=O) groups excluding carboxylic acids is 1. The van der Waals surface area contributed by atoms with Gasteiger partial charge < -0.3 is 23.5 Å². The standard InChI is InChI=1S/C27H29NO6/c1-5-14-33-21-12-11-18(16-22(21)31-4)24-23-25(29)19-9-6-7-10-20(19)34-26(23)27(30)28(24)13-8-15-32-17(2)3/h5-7,9-12,16-17,24H,1,8,13-15H2,2-4H3. The predicted octanol–water partition coefficient (Wildman–Crippen LogP) is 4.73. The second-order valence-electron chi connectivity index (χ2n) is 8.35. The van der Waals surface area contributed by atoms with Gasteiger partial charge in [0.05, 0.1) is 30.2 Å². The molecule has 0 saturated heterocycles. The van der Waals surface area contributed by atoms with E-state index >= 15 is 0 Å². The summed E-state index contributed by atoms with van der Waals surface area (Å²) in [6.45, 7) is 8.85. The molecule has 0 radical (unpaired) electrons. The Kier molecular flexibility index (Phi) is 7.03. The Labute approximate surface area is 198 Å². The number of amides is 1. The predicted molar refractivity (Wildman–Crippen MR) is 130 cm³/mol. The van der Waals surface area contributed by atoms with Crippen molar-refractivity contribution in [3.05, 3.63) is 82.2 Å². The molecule has 1 aliphatic heterocycles. The lowest BCUT2D eigenvalue weighted by Crippen LogP contribution is -2.31. The molecule has 1 aliphatic rings. The molecule has 0 aliphatic carbocycles. The van der Waals surface area contributed by atoms with Crippen LogP contribution >= 0.6 is 0 Å². The second-order valence-corrected chi connectivity index (χ2v) is 8.35. The third-order valence-electron chi connectivity index (χ3n) is 5.73. The number of rotatable bonds is 10. The van der Waals surface area contributed by atoms with E-state index in [9.17, 15) is 9.59 Å². The smallest absolute Gasteiger partial charge is 0.290 e. The summed E-state index contributed by atoms with van der Waals surface area (Å²) in [5, 5.41) is 0.446. The summed E-state index contributed by atoms with van der Waals surface area (Å²) in [6.07, 6.45) is 2.37. The third kappa shape index (κ3) is 4.43. The van der Waals surface area contributed by atoms with Gasteiger partial charge in [0.1, 0.15) is 12.2 Å². The first-order valence-electron chi connectivity index (χ1n) is 11.4. The lowest BCUT2D eigenvalue weighted by atomic mass is 9.98. The number of hydrogen-bond donors (Lipinski definition) is 0. The third-order valence-corrected chi connectivity index (χ3v) is 5.73. The van der Waals surface area contributed by atoms with Crippen LogP contribution in [0, 0.1) is 0 Å². The van der Waals surface area contributed by atoms with E-state index in [1.165, 1.54) is 0 Å². The average molecular weight is 464 g/mol. The van der Waals surface area contributed by atoms with E-state index in [0.29, 0.717) is 54.2 Å². The van der Waals surface area contributed by atoms with E-state index in [1.54, 1.807) is 54.5 Å². The maximum atomic E-state index is 13.5. The fraction of sp³-hybridized carbons (Fsp3) is 0.333. The minimum absolute atomic E-state index is 0.0874. The van der Waals surface area contributed by atoms with Gasteiger partial charge in [-0.1, -0.05) is 30.9 Å². The zero-order chi connectivity index (χ0) is 24.2. The molecule has 178 valence electrons. The van der Waals surface area contributed by atoms with Crippen LogP contribution in [-0.2, 0) is 4.74 Å². The van der Waals surface area contributed by atoms with Crippen LogP contribution in [0.2, 0.25) is 0 Å². The first kappa shape index (κ1) is 23.6. The lowest BCUT2D eigenvalue weighted by molar-refractivity contribution is 0.0593. The van der Waals surface area contributed by atoms with Gasteiger partial charge in [0, 0.05) is 13.2 Å². The Morgan fingerprint density at radius 2 is 1.94 bits per heavy atom. The molecule has 1 aromatic heterocycles. The van der Waals surface area contributed by atoms with Gasteiger partial charge in [0.25, 0.3) is 5.91 Å². The first-order chi connectivity index (χ1) is 16.5. The zero-order valence-electron chi connectivity index (χ0n) is 19.7.